The van der Waals surface area contributed by atoms with Crippen LogP contribution in [0.4, 0.5) is 13.2 Å². The summed E-state index contributed by atoms with van der Waals surface area (Å²) in [5, 5.41) is 0. The Morgan fingerprint density at radius 3 is 2.68 bits per heavy atom. The summed E-state index contributed by atoms with van der Waals surface area (Å²) >= 11 is 0. The Hall–Kier alpha value is -2.37. The first-order valence-corrected chi connectivity index (χ1v) is 5.51. The van der Waals surface area contributed by atoms with E-state index in [2.05, 4.69) is 9.97 Å². The Morgan fingerprint density at radius 2 is 1.89 bits per heavy atom. The number of rotatable bonds is 1. The maximum atomic E-state index is 12.7. The molecule has 0 unspecified atom stereocenters. The lowest BCUT2D eigenvalue weighted by atomic mass is 10.1. The average Bonchev–Trinajstić information content (AvgIpc) is 2.82. The summed E-state index contributed by atoms with van der Waals surface area (Å²) in [4.78, 5) is 8.09. The van der Waals surface area contributed by atoms with Crippen LogP contribution in [0, 0.1) is 0 Å². The van der Waals surface area contributed by atoms with Gasteiger partial charge in [-0.2, -0.15) is 13.2 Å². The summed E-state index contributed by atoms with van der Waals surface area (Å²) in [7, 11) is 0. The van der Waals surface area contributed by atoms with E-state index in [-0.39, 0.29) is 0 Å². The number of halogens is 3. The minimum absolute atomic E-state index is 0.454. The highest BCUT2D eigenvalue weighted by molar-refractivity contribution is 5.63. The van der Waals surface area contributed by atoms with Crippen molar-refractivity contribution in [2.24, 2.45) is 0 Å². The third kappa shape index (κ3) is 2.05. The largest absolute Gasteiger partial charge is 0.416 e. The number of hydrogen-bond donors (Lipinski definition) is 0. The third-order valence-corrected chi connectivity index (χ3v) is 2.77. The maximum absolute atomic E-state index is 12.7. The Morgan fingerprint density at radius 1 is 1.05 bits per heavy atom. The molecule has 0 radical (unpaired) electrons. The Labute approximate surface area is 106 Å². The van der Waals surface area contributed by atoms with E-state index in [0.29, 0.717) is 17.0 Å². The quantitative estimate of drug-likeness (QED) is 0.673. The lowest BCUT2D eigenvalue weighted by Crippen LogP contribution is -2.04. The zero-order valence-corrected chi connectivity index (χ0v) is 9.59. The molecule has 2 heterocycles. The van der Waals surface area contributed by atoms with Gasteiger partial charge in [0.1, 0.15) is 0 Å². The van der Waals surface area contributed by atoms with E-state index in [4.69, 9.17) is 0 Å². The summed E-state index contributed by atoms with van der Waals surface area (Å²) in [5.74, 6) is 0.454. The van der Waals surface area contributed by atoms with E-state index >= 15 is 0 Å². The van der Waals surface area contributed by atoms with Crippen LogP contribution in [0.15, 0.2) is 48.9 Å². The Balaban J connectivity index is 2.17. The molecule has 0 aliphatic rings. The SMILES string of the molecule is FC(F)(F)c1cccc(-c2cnc3ncccn23)c1. The van der Waals surface area contributed by atoms with Crippen LogP contribution in [0.2, 0.25) is 0 Å². The zero-order chi connectivity index (χ0) is 13.5. The van der Waals surface area contributed by atoms with Gasteiger partial charge >= 0.3 is 6.18 Å². The van der Waals surface area contributed by atoms with Gasteiger partial charge < -0.3 is 0 Å². The van der Waals surface area contributed by atoms with Gasteiger partial charge in [-0.3, -0.25) is 4.40 Å². The summed E-state index contributed by atoms with van der Waals surface area (Å²) in [6.45, 7) is 0. The Bertz CT molecular complexity index is 731. The second-order valence-corrected chi connectivity index (χ2v) is 4.01. The van der Waals surface area contributed by atoms with Crippen LogP contribution in [-0.4, -0.2) is 14.4 Å². The van der Waals surface area contributed by atoms with Crippen molar-refractivity contribution < 1.29 is 13.2 Å². The van der Waals surface area contributed by atoms with E-state index in [1.54, 1.807) is 28.9 Å². The molecule has 2 aromatic heterocycles. The van der Waals surface area contributed by atoms with Gasteiger partial charge in [0, 0.05) is 18.0 Å². The smallest absolute Gasteiger partial charge is 0.284 e. The predicted molar refractivity (Wildman–Crippen MR) is 63.4 cm³/mol. The lowest BCUT2D eigenvalue weighted by Gasteiger charge is -2.08. The molecule has 19 heavy (non-hydrogen) atoms. The van der Waals surface area contributed by atoms with Crippen molar-refractivity contribution in [1.82, 2.24) is 14.4 Å². The van der Waals surface area contributed by atoms with Crippen molar-refractivity contribution in [2.45, 2.75) is 6.18 Å². The molecule has 96 valence electrons. The topological polar surface area (TPSA) is 30.2 Å². The number of fused-ring (bicyclic) bond motifs is 1. The van der Waals surface area contributed by atoms with Crippen molar-refractivity contribution in [3.8, 4) is 11.3 Å². The molecule has 0 amide bonds. The zero-order valence-electron chi connectivity index (χ0n) is 9.59. The van der Waals surface area contributed by atoms with Gasteiger partial charge in [-0.15, -0.1) is 0 Å². The van der Waals surface area contributed by atoms with Crippen molar-refractivity contribution in [2.75, 3.05) is 0 Å². The lowest BCUT2D eigenvalue weighted by molar-refractivity contribution is -0.137. The predicted octanol–water partition coefficient (Wildman–Crippen LogP) is 3.42. The molecule has 0 N–H and O–H groups in total. The van der Waals surface area contributed by atoms with Crippen LogP contribution < -0.4 is 0 Å². The van der Waals surface area contributed by atoms with Crippen LogP contribution in [0.1, 0.15) is 5.56 Å². The fourth-order valence-corrected chi connectivity index (χ4v) is 1.90. The molecule has 3 rings (SSSR count). The molecule has 0 bridgehead atoms. The summed E-state index contributed by atoms with van der Waals surface area (Å²) < 4.78 is 39.7. The summed E-state index contributed by atoms with van der Waals surface area (Å²) in [6, 6.07) is 6.85. The molecule has 1 aromatic carbocycles. The molecule has 0 aliphatic heterocycles. The fourth-order valence-electron chi connectivity index (χ4n) is 1.90. The summed E-state index contributed by atoms with van der Waals surface area (Å²) in [6.07, 6.45) is 0.454. The van der Waals surface area contributed by atoms with Crippen molar-refractivity contribution in [3.05, 3.63) is 54.5 Å². The van der Waals surface area contributed by atoms with Crippen molar-refractivity contribution in [3.63, 3.8) is 0 Å². The van der Waals surface area contributed by atoms with E-state index in [9.17, 15) is 13.2 Å². The highest BCUT2D eigenvalue weighted by Crippen LogP contribution is 2.32. The number of benzene rings is 1. The minimum Gasteiger partial charge on any atom is -0.284 e. The molecule has 0 atom stereocenters. The standard InChI is InChI=1S/C13H8F3N3/c14-13(15,16)10-4-1-3-9(7-10)11-8-18-12-17-5-2-6-19(11)12/h1-8H. The first-order chi connectivity index (χ1) is 9.05. The molecule has 0 saturated heterocycles. The van der Waals surface area contributed by atoms with Gasteiger partial charge in [0.15, 0.2) is 0 Å². The molecular formula is C13H8F3N3. The van der Waals surface area contributed by atoms with Gasteiger partial charge in [0.25, 0.3) is 0 Å². The van der Waals surface area contributed by atoms with E-state index in [1.165, 1.54) is 12.3 Å². The van der Waals surface area contributed by atoms with Crippen LogP contribution in [0.3, 0.4) is 0 Å². The summed E-state index contributed by atoms with van der Waals surface area (Å²) in [5.41, 5.74) is 0.355. The van der Waals surface area contributed by atoms with E-state index in [0.717, 1.165) is 12.1 Å². The maximum Gasteiger partial charge on any atom is 0.416 e. The fraction of sp³-hybridized carbons (Fsp3) is 0.0769. The van der Waals surface area contributed by atoms with Gasteiger partial charge in [-0.05, 0) is 18.2 Å². The molecule has 0 saturated carbocycles. The second-order valence-electron chi connectivity index (χ2n) is 4.01. The first-order valence-electron chi connectivity index (χ1n) is 5.51. The first kappa shape index (κ1) is 11.7. The third-order valence-electron chi connectivity index (χ3n) is 2.77. The molecule has 6 heteroatoms. The number of nitrogens with zero attached hydrogens (tertiary/aromatic N) is 3. The van der Waals surface area contributed by atoms with Crippen LogP contribution in [0.5, 0.6) is 0 Å². The highest BCUT2D eigenvalue weighted by Gasteiger charge is 2.30. The number of alkyl halides is 3. The average molecular weight is 263 g/mol. The van der Waals surface area contributed by atoms with Gasteiger partial charge in [0.2, 0.25) is 5.78 Å². The molecule has 0 fully saturated rings. The number of aromatic nitrogens is 3. The minimum atomic E-state index is -4.35. The van der Waals surface area contributed by atoms with Crippen molar-refractivity contribution >= 4 is 5.78 Å². The van der Waals surface area contributed by atoms with Crippen LogP contribution in [-0.2, 0) is 6.18 Å². The molecular weight excluding hydrogens is 255 g/mol. The van der Waals surface area contributed by atoms with Gasteiger partial charge in [-0.25, -0.2) is 9.97 Å². The highest BCUT2D eigenvalue weighted by atomic mass is 19.4. The van der Waals surface area contributed by atoms with E-state index in [1.807, 2.05) is 0 Å². The van der Waals surface area contributed by atoms with Crippen LogP contribution in [0.25, 0.3) is 17.0 Å². The van der Waals surface area contributed by atoms with Gasteiger partial charge in [0.05, 0.1) is 17.5 Å². The number of hydrogen-bond acceptors (Lipinski definition) is 2. The van der Waals surface area contributed by atoms with Gasteiger partial charge in [-0.1, -0.05) is 12.1 Å². The van der Waals surface area contributed by atoms with Crippen molar-refractivity contribution in [1.29, 1.82) is 0 Å². The second kappa shape index (κ2) is 4.08. The molecule has 0 aliphatic carbocycles. The number of imidazole rings is 1. The normalized spacial score (nSPS) is 11.9. The van der Waals surface area contributed by atoms with Crippen LogP contribution >= 0.6 is 0 Å². The molecule has 0 spiro atoms. The monoisotopic (exact) mass is 263 g/mol. The molecule has 3 nitrogen and oxygen atoms in total. The van der Waals surface area contributed by atoms with E-state index < -0.39 is 11.7 Å². The Kier molecular flexibility index (Phi) is 2.51. The molecule has 3 aromatic rings.